The van der Waals surface area contributed by atoms with E-state index in [4.69, 9.17) is 4.74 Å². The monoisotopic (exact) mass is 178 g/mol. The van der Waals surface area contributed by atoms with Gasteiger partial charge in [-0.2, -0.15) is 0 Å². The number of ether oxygens (including phenoxy) is 1. The van der Waals surface area contributed by atoms with Gasteiger partial charge in [0, 0.05) is 11.5 Å². The van der Waals surface area contributed by atoms with Crippen molar-refractivity contribution in [1.82, 2.24) is 0 Å². The van der Waals surface area contributed by atoms with E-state index in [2.05, 4.69) is 6.58 Å². The molecule has 0 saturated carbocycles. The lowest BCUT2D eigenvalue weighted by Crippen LogP contribution is -1.91. The van der Waals surface area contributed by atoms with Gasteiger partial charge in [0.1, 0.15) is 11.5 Å². The van der Waals surface area contributed by atoms with Gasteiger partial charge in [-0.3, -0.25) is 0 Å². The molecule has 0 amide bonds. The molecule has 0 aliphatic heterocycles. The molecule has 2 nitrogen and oxygen atoms in total. The van der Waals surface area contributed by atoms with E-state index in [-0.39, 0.29) is 11.7 Å². The van der Waals surface area contributed by atoms with Gasteiger partial charge in [-0.1, -0.05) is 13.0 Å². The predicted molar refractivity (Wildman–Crippen MR) is 53.3 cm³/mol. The molecule has 0 fully saturated rings. The summed E-state index contributed by atoms with van der Waals surface area (Å²) in [6.45, 7) is 5.66. The van der Waals surface area contributed by atoms with E-state index in [9.17, 15) is 5.11 Å². The van der Waals surface area contributed by atoms with E-state index in [1.54, 1.807) is 25.3 Å². The van der Waals surface area contributed by atoms with Crippen molar-refractivity contribution in [2.24, 2.45) is 0 Å². The van der Waals surface area contributed by atoms with Gasteiger partial charge in [-0.25, -0.2) is 0 Å². The average Bonchev–Trinajstić information content (AvgIpc) is 2.17. The molecule has 0 saturated heterocycles. The third-order valence-corrected chi connectivity index (χ3v) is 2.08. The molecule has 0 heterocycles. The van der Waals surface area contributed by atoms with Crippen LogP contribution in [0.25, 0.3) is 0 Å². The Labute approximate surface area is 78.5 Å². The molecule has 0 aromatic heterocycles. The van der Waals surface area contributed by atoms with Gasteiger partial charge >= 0.3 is 0 Å². The van der Waals surface area contributed by atoms with Gasteiger partial charge in [0.05, 0.1) is 7.11 Å². The number of hydrogen-bond acceptors (Lipinski definition) is 2. The SMILES string of the molecule is C=CC(C)c1cc(OC)ccc1O. The highest BCUT2D eigenvalue weighted by Gasteiger charge is 2.07. The van der Waals surface area contributed by atoms with E-state index < -0.39 is 0 Å². The van der Waals surface area contributed by atoms with Crippen molar-refractivity contribution in [2.75, 3.05) is 7.11 Å². The predicted octanol–water partition coefficient (Wildman–Crippen LogP) is 2.69. The third-order valence-electron chi connectivity index (χ3n) is 2.08. The Bertz CT molecular complexity index is 305. The molecular weight excluding hydrogens is 164 g/mol. The van der Waals surface area contributed by atoms with E-state index in [0.717, 1.165) is 11.3 Å². The standard InChI is InChI=1S/C11H14O2/c1-4-8(2)10-7-9(13-3)5-6-11(10)12/h4-8,12H,1H2,2-3H3. The smallest absolute Gasteiger partial charge is 0.119 e. The van der Waals surface area contributed by atoms with Crippen molar-refractivity contribution >= 4 is 0 Å². The Morgan fingerprint density at radius 1 is 1.54 bits per heavy atom. The Morgan fingerprint density at radius 3 is 2.77 bits per heavy atom. The van der Waals surface area contributed by atoms with Crippen LogP contribution in [-0.2, 0) is 0 Å². The Kier molecular flexibility index (Phi) is 2.96. The van der Waals surface area contributed by atoms with Gasteiger partial charge < -0.3 is 9.84 Å². The minimum atomic E-state index is 0.134. The second kappa shape index (κ2) is 3.99. The Morgan fingerprint density at radius 2 is 2.23 bits per heavy atom. The summed E-state index contributed by atoms with van der Waals surface area (Å²) in [4.78, 5) is 0. The number of aromatic hydroxyl groups is 1. The Hall–Kier alpha value is -1.44. The minimum Gasteiger partial charge on any atom is -0.508 e. The molecule has 1 unspecified atom stereocenters. The van der Waals surface area contributed by atoms with Crippen LogP contribution in [0.5, 0.6) is 11.5 Å². The second-order valence-electron chi connectivity index (χ2n) is 2.95. The number of methoxy groups -OCH3 is 1. The largest absolute Gasteiger partial charge is 0.508 e. The van der Waals surface area contributed by atoms with E-state index in [0.29, 0.717) is 0 Å². The first-order valence-electron chi connectivity index (χ1n) is 4.18. The van der Waals surface area contributed by atoms with Crippen molar-refractivity contribution in [1.29, 1.82) is 0 Å². The fourth-order valence-electron chi connectivity index (χ4n) is 1.15. The van der Waals surface area contributed by atoms with Gasteiger partial charge in [0.15, 0.2) is 0 Å². The number of allylic oxidation sites excluding steroid dienone is 1. The zero-order chi connectivity index (χ0) is 9.84. The first kappa shape index (κ1) is 9.65. The third kappa shape index (κ3) is 2.02. The number of hydrogen-bond donors (Lipinski definition) is 1. The molecule has 0 aliphatic carbocycles. The van der Waals surface area contributed by atoms with Crippen LogP contribution in [0.2, 0.25) is 0 Å². The normalized spacial score (nSPS) is 12.2. The second-order valence-corrected chi connectivity index (χ2v) is 2.95. The Balaban J connectivity index is 3.10. The van der Waals surface area contributed by atoms with Crippen molar-refractivity contribution in [3.05, 3.63) is 36.4 Å². The van der Waals surface area contributed by atoms with Crippen LogP contribution >= 0.6 is 0 Å². The molecule has 0 radical (unpaired) electrons. The lowest BCUT2D eigenvalue weighted by Gasteiger charge is -2.10. The van der Waals surface area contributed by atoms with Crippen LogP contribution in [0.15, 0.2) is 30.9 Å². The summed E-state index contributed by atoms with van der Waals surface area (Å²) in [7, 11) is 1.61. The zero-order valence-corrected chi connectivity index (χ0v) is 7.95. The molecule has 2 heteroatoms. The molecule has 0 aliphatic rings. The lowest BCUT2D eigenvalue weighted by molar-refractivity contribution is 0.410. The maximum Gasteiger partial charge on any atom is 0.119 e. The average molecular weight is 178 g/mol. The highest BCUT2D eigenvalue weighted by Crippen LogP contribution is 2.29. The summed E-state index contributed by atoms with van der Waals surface area (Å²) in [6, 6.07) is 5.19. The maximum absolute atomic E-state index is 9.53. The first-order valence-corrected chi connectivity index (χ1v) is 4.18. The van der Waals surface area contributed by atoms with Gasteiger partial charge in [-0.15, -0.1) is 6.58 Å². The van der Waals surface area contributed by atoms with Crippen LogP contribution in [0, 0.1) is 0 Å². The lowest BCUT2D eigenvalue weighted by atomic mass is 10.0. The highest BCUT2D eigenvalue weighted by atomic mass is 16.5. The van der Waals surface area contributed by atoms with E-state index in [1.807, 2.05) is 13.0 Å². The van der Waals surface area contributed by atoms with Crippen LogP contribution in [0.4, 0.5) is 0 Å². The molecular formula is C11H14O2. The molecule has 0 spiro atoms. The summed E-state index contributed by atoms with van der Waals surface area (Å²) in [5.74, 6) is 1.17. The summed E-state index contributed by atoms with van der Waals surface area (Å²) in [5.41, 5.74) is 0.842. The first-order chi connectivity index (χ1) is 6.19. The van der Waals surface area contributed by atoms with E-state index in [1.165, 1.54) is 0 Å². The summed E-state index contributed by atoms with van der Waals surface area (Å²) in [5, 5.41) is 9.53. The summed E-state index contributed by atoms with van der Waals surface area (Å²) in [6.07, 6.45) is 1.79. The fourth-order valence-corrected chi connectivity index (χ4v) is 1.15. The topological polar surface area (TPSA) is 29.5 Å². The molecule has 1 N–H and O–H groups in total. The van der Waals surface area contributed by atoms with Crippen LogP contribution in [-0.4, -0.2) is 12.2 Å². The summed E-state index contributed by atoms with van der Waals surface area (Å²) >= 11 is 0. The van der Waals surface area contributed by atoms with Gasteiger partial charge in [0.25, 0.3) is 0 Å². The molecule has 70 valence electrons. The minimum absolute atomic E-state index is 0.134. The van der Waals surface area contributed by atoms with Gasteiger partial charge in [-0.05, 0) is 18.2 Å². The molecule has 1 aromatic rings. The summed E-state index contributed by atoms with van der Waals surface area (Å²) < 4.78 is 5.06. The molecule has 1 aromatic carbocycles. The molecule has 0 bridgehead atoms. The highest BCUT2D eigenvalue weighted by molar-refractivity contribution is 5.42. The number of rotatable bonds is 3. The van der Waals surface area contributed by atoms with Gasteiger partial charge in [0.2, 0.25) is 0 Å². The quantitative estimate of drug-likeness (QED) is 0.721. The molecule has 1 rings (SSSR count). The van der Waals surface area contributed by atoms with Crippen LogP contribution in [0.3, 0.4) is 0 Å². The molecule has 1 atom stereocenters. The van der Waals surface area contributed by atoms with Crippen LogP contribution < -0.4 is 4.74 Å². The van der Waals surface area contributed by atoms with E-state index >= 15 is 0 Å². The van der Waals surface area contributed by atoms with Crippen molar-refractivity contribution < 1.29 is 9.84 Å². The zero-order valence-electron chi connectivity index (χ0n) is 7.95. The fraction of sp³-hybridized carbons (Fsp3) is 0.273. The van der Waals surface area contributed by atoms with Crippen molar-refractivity contribution in [2.45, 2.75) is 12.8 Å². The maximum atomic E-state index is 9.53. The number of phenolic OH excluding ortho intramolecular Hbond substituents is 1. The molecule has 13 heavy (non-hydrogen) atoms. The number of phenols is 1. The number of benzene rings is 1. The van der Waals surface area contributed by atoms with Crippen molar-refractivity contribution in [3.63, 3.8) is 0 Å². The van der Waals surface area contributed by atoms with Crippen LogP contribution in [0.1, 0.15) is 18.4 Å². The van der Waals surface area contributed by atoms with Crippen molar-refractivity contribution in [3.8, 4) is 11.5 Å².